The number of amides is 1. The van der Waals surface area contributed by atoms with Crippen LogP contribution in [0.15, 0.2) is 48.5 Å². The summed E-state index contributed by atoms with van der Waals surface area (Å²) in [6.07, 6.45) is 0.973. The molecule has 2 aromatic rings. The molecule has 1 unspecified atom stereocenters. The van der Waals surface area contributed by atoms with Gasteiger partial charge in [-0.05, 0) is 36.8 Å². The summed E-state index contributed by atoms with van der Waals surface area (Å²) in [7, 11) is -3.56. The zero-order valence-electron chi connectivity index (χ0n) is 14.7. The molecule has 0 aromatic heterocycles. The van der Waals surface area contributed by atoms with Gasteiger partial charge < -0.3 is 10.1 Å². The number of benzene rings is 2. The number of para-hydroxylation sites is 1. The Labute approximate surface area is 162 Å². The van der Waals surface area contributed by atoms with E-state index in [4.69, 9.17) is 16.3 Å². The van der Waals surface area contributed by atoms with Crippen molar-refractivity contribution in [3.05, 3.63) is 64.7 Å². The van der Waals surface area contributed by atoms with E-state index in [0.29, 0.717) is 5.02 Å². The molecule has 0 fully saturated rings. The molecule has 2 N–H and O–H groups in total. The van der Waals surface area contributed by atoms with Crippen molar-refractivity contribution in [1.82, 2.24) is 5.32 Å². The van der Waals surface area contributed by atoms with Crippen molar-refractivity contribution < 1.29 is 22.7 Å². The number of carbonyl (C=O) groups excluding carboxylic acids is 2. The van der Waals surface area contributed by atoms with E-state index in [1.54, 1.807) is 43.3 Å². The first-order valence-electron chi connectivity index (χ1n) is 7.94. The number of carbonyl (C=O) groups is 2. The summed E-state index contributed by atoms with van der Waals surface area (Å²) in [5, 5.41) is 3.29. The van der Waals surface area contributed by atoms with Crippen LogP contribution in [-0.4, -0.2) is 33.2 Å². The molecule has 2 rings (SSSR count). The molecule has 0 aliphatic heterocycles. The quantitative estimate of drug-likeness (QED) is 0.683. The van der Waals surface area contributed by atoms with Gasteiger partial charge >= 0.3 is 5.97 Å². The van der Waals surface area contributed by atoms with Gasteiger partial charge in [0.25, 0.3) is 5.91 Å². The number of ether oxygens (including phenoxy) is 1. The van der Waals surface area contributed by atoms with Crippen LogP contribution in [0.3, 0.4) is 0 Å². The van der Waals surface area contributed by atoms with Crippen LogP contribution in [-0.2, 0) is 19.6 Å². The Hall–Kier alpha value is -2.58. The molecular weight excluding hydrogens is 392 g/mol. The molecule has 0 heterocycles. The second kappa shape index (κ2) is 8.88. The maximum Gasteiger partial charge on any atom is 0.340 e. The highest BCUT2D eigenvalue weighted by molar-refractivity contribution is 7.92. The fourth-order valence-electron chi connectivity index (χ4n) is 2.28. The summed E-state index contributed by atoms with van der Waals surface area (Å²) < 4.78 is 30.0. The molecular formula is C18H19ClN2O5S. The first-order chi connectivity index (χ1) is 12.7. The van der Waals surface area contributed by atoms with Gasteiger partial charge in [0.05, 0.1) is 23.5 Å². The van der Waals surface area contributed by atoms with Crippen molar-refractivity contribution in [3.8, 4) is 0 Å². The molecule has 0 aliphatic carbocycles. The van der Waals surface area contributed by atoms with Crippen LogP contribution in [0.2, 0.25) is 5.02 Å². The lowest BCUT2D eigenvalue weighted by molar-refractivity contribution is -0.124. The van der Waals surface area contributed by atoms with Crippen LogP contribution in [0.5, 0.6) is 0 Å². The summed E-state index contributed by atoms with van der Waals surface area (Å²) in [5.41, 5.74) is 0.947. The normalized spacial score (nSPS) is 12.1. The lowest BCUT2D eigenvalue weighted by Crippen LogP contribution is -2.31. The number of anilines is 1. The Morgan fingerprint density at radius 3 is 2.37 bits per heavy atom. The van der Waals surface area contributed by atoms with Gasteiger partial charge in [-0.25, -0.2) is 13.2 Å². The van der Waals surface area contributed by atoms with Crippen molar-refractivity contribution in [1.29, 1.82) is 0 Å². The number of sulfonamides is 1. The Balaban J connectivity index is 1.95. The van der Waals surface area contributed by atoms with E-state index in [9.17, 15) is 18.0 Å². The van der Waals surface area contributed by atoms with Crippen molar-refractivity contribution >= 4 is 39.2 Å². The molecule has 7 nitrogen and oxygen atoms in total. The molecule has 9 heteroatoms. The first kappa shape index (κ1) is 20.7. The lowest BCUT2D eigenvalue weighted by Gasteiger charge is -2.15. The monoisotopic (exact) mass is 410 g/mol. The minimum Gasteiger partial charge on any atom is -0.452 e. The summed E-state index contributed by atoms with van der Waals surface area (Å²) in [6, 6.07) is 12.7. The van der Waals surface area contributed by atoms with E-state index in [-0.39, 0.29) is 17.3 Å². The van der Waals surface area contributed by atoms with Gasteiger partial charge in [0.2, 0.25) is 10.0 Å². The fraction of sp³-hybridized carbons (Fsp3) is 0.222. The Kier molecular flexibility index (Phi) is 6.81. The largest absolute Gasteiger partial charge is 0.452 e. The van der Waals surface area contributed by atoms with Gasteiger partial charge in [-0.1, -0.05) is 35.9 Å². The Morgan fingerprint density at radius 1 is 1.11 bits per heavy atom. The number of hydrogen-bond acceptors (Lipinski definition) is 5. The van der Waals surface area contributed by atoms with Crippen LogP contribution in [0.4, 0.5) is 5.69 Å². The van der Waals surface area contributed by atoms with E-state index >= 15 is 0 Å². The molecule has 2 aromatic carbocycles. The van der Waals surface area contributed by atoms with Gasteiger partial charge in [0.15, 0.2) is 6.61 Å². The third-order valence-electron chi connectivity index (χ3n) is 3.52. The van der Waals surface area contributed by atoms with Crippen molar-refractivity contribution in [2.24, 2.45) is 0 Å². The van der Waals surface area contributed by atoms with E-state index < -0.39 is 28.5 Å². The molecule has 1 atom stereocenters. The van der Waals surface area contributed by atoms with Crippen molar-refractivity contribution in [3.63, 3.8) is 0 Å². The van der Waals surface area contributed by atoms with Crippen molar-refractivity contribution in [2.45, 2.75) is 13.0 Å². The van der Waals surface area contributed by atoms with Crippen LogP contribution in [0.25, 0.3) is 0 Å². The third-order valence-corrected chi connectivity index (χ3v) is 4.37. The second-order valence-electron chi connectivity index (χ2n) is 5.84. The predicted octanol–water partition coefficient (Wildman–Crippen LogP) is 2.75. The lowest BCUT2D eigenvalue weighted by atomic mass is 10.1. The van der Waals surface area contributed by atoms with Gasteiger partial charge in [0.1, 0.15) is 0 Å². The van der Waals surface area contributed by atoms with Gasteiger partial charge in [-0.2, -0.15) is 0 Å². The molecule has 0 spiro atoms. The minimum absolute atomic E-state index is 0.0153. The molecule has 0 saturated carbocycles. The van der Waals surface area contributed by atoms with Crippen LogP contribution in [0.1, 0.15) is 28.9 Å². The molecule has 0 aliphatic rings. The van der Waals surface area contributed by atoms with E-state index in [1.807, 2.05) is 0 Å². The average Bonchev–Trinajstić information content (AvgIpc) is 2.59. The summed E-state index contributed by atoms with van der Waals surface area (Å²) in [5.74, 6) is -1.30. The highest BCUT2D eigenvalue weighted by atomic mass is 35.5. The maximum absolute atomic E-state index is 12.2. The summed E-state index contributed by atoms with van der Waals surface area (Å²) in [6.45, 7) is 1.29. The van der Waals surface area contributed by atoms with E-state index in [1.165, 1.54) is 12.1 Å². The maximum atomic E-state index is 12.2. The number of esters is 1. The molecule has 0 bridgehead atoms. The standard InChI is InChI=1S/C18H19ClN2O5S/c1-12(13-7-9-14(19)10-8-13)20-17(22)11-26-18(23)15-5-3-4-6-16(15)21-27(2,24)25/h3-10,12,21H,11H2,1-2H3,(H,20,22). The average molecular weight is 411 g/mol. The topological polar surface area (TPSA) is 102 Å². The fourth-order valence-corrected chi connectivity index (χ4v) is 2.98. The van der Waals surface area contributed by atoms with Crippen LogP contribution >= 0.6 is 11.6 Å². The number of rotatable bonds is 7. The predicted molar refractivity (Wildman–Crippen MR) is 103 cm³/mol. The van der Waals surface area contributed by atoms with Crippen LogP contribution in [0, 0.1) is 0 Å². The molecule has 1 amide bonds. The summed E-state index contributed by atoms with van der Waals surface area (Å²) in [4.78, 5) is 24.2. The van der Waals surface area contributed by atoms with E-state index in [2.05, 4.69) is 10.0 Å². The zero-order valence-corrected chi connectivity index (χ0v) is 16.3. The Bertz CT molecular complexity index is 929. The SMILES string of the molecule is CC(NC(=O)COC(=O)c1ccccc1NS(C)(=O)=O)c1ccc(Cl)cc1. The zero-order chi connectivity index (χ0) is 20.0. The van der Waals surface area contributed by atoms with E-state index in [0.717, 1.165) is 11.8 Å². The number of nitrogens with one attached hydrogen (secondary N) is 2. The van der Waals surface area contributed by atoms with Crippen LogP contribution < -0.4 is 10.0 Å². The highest BCUT2D eigenvalue weighted by Crippen LogP contribution is 2.18. The highest BCUT2D eigenvalue weighted by Gasteiger charge is 2.17. The van der Waals surface area contributed by atoms with Gasteiger partial charge in [0, 0.05) is 5.02 Å². The molecule has 144 valence electrons. The smallest absolute Gasteiger partial charge is 0.340 e. The number of halogens is 1. The minimum atomic E-state index is -3.56. The summed E-state index contributed by atoms with van der Waals surface area (Å²) >= 11 is 5.83. The number of hydrogen-bond donors (Lipinski definition) is 2. The van der Waals surface area contributed by atoms with Gasteiger partial charge in [-0.15, -0.1) is 0 Å². The van der Waals surface area contributed by atoms with Crippen molar-refractivity contribution in [2.75, 3.05) is 17.6 Å². The molecule has 27 heavy (non-hydrogen) atoms. The molecule has 0 radical (unpaired) electrons. The Morgan fingerprint density at radius 2 is 1.74 bits per heavy atom. The second-order valence-corrected chi connectivity index (χ2v) is 8.02. The molecule has 0 saturated heterocycles. The third kappa shape index (κ3) is 6.58. The van der Waals surface area contributed by atoms with Gasteiger partial charge in [-0.3, -0.25) is 9.52 Å². The first-order valence-corrected chi connectivity index (χ1v) is 10.2.